The summed E-state index contributed by atoms with van der Waals surface area (Å²) in [5.74, 6) is 0.313. The van der Waals surface area contributed by atoms with Gasteiger partial charge in [-0.25, -0.2) is 4.79 Å². The predicted octanol–water partition coefficient (Wildman–Crippen LogP) is 3.42. The van der Waals surface area contributed by atoms with E-state index in [1.807, 2.05) is 6.08 Å². The Hall–Kier alpha value is -1.25. The Kier molecular flexibility index (Phi) is 7.61. The van der Waals surface area contributed by atoms with Gasteiger partial charge in [-0.3, -0.25) is 0 Å². The summed E-state index contributed by atoms with van der Waals surface area (Å²) < 4.78 is 8.97. The van der Waals surface area contributed by atoms with E-state index in [1.165, 1.54) is 20.0 Å². The molecule has 0 aliphatic heterocycles. The first-order chi connectivity index (χ1) is 6.70. The van der Waals surface area contributed by atoms with Crippen molar-refractivity contribution in [2.75, 3.05) is 7.11 Å². The van der Waals surface area contributed by atoms with Crippen LogP contribution in [0.15, 0.2) is 24.5 Å². The standard InChI is InChI=1S/C11H18O3/c1-4-5-6-7-8-9-10(2)14-11(12)13-3/h8-9H,2,4-7H2,1,3H3/b9-8+. The van der Waals surface area contributed by atoms with Crippen molar-refractivity contribution in [3.8, 4) is 0 Å². The molecule has 0 atom stereocenters. The average molecular weight is 198 g/mol. The molecule has 0 aromatic rings. The number of rotatable bonds is 6. The molecule has 0 aromatic heterocycles. The van der Waals surface area contributed by atoms with Crippen LogP contribution in [0.2, 0.25) is 0 Å². The Morgan fingerprint density at radius 2 is 2.14 bits per heavy atom. The molecule has 0 radical (unpaired) electrons. The summed E-state index contributed by atoms with van der Waals surface area (Å²) in [7, 11) is 1.26. The summed E-state index contributed by atoms with van der Waals surface area (Å²) in [5.41, 5.74) is 0. The topological polar surface area (TPSA) is 35.5 Å². The molecule has 0 rings (SSSR count). The normalized spacial score (nSPS) is 10.1. The van der Waals surface area contributed by atoms with E-state index in [0.29, 0.717) is 5.76 Å². The van der Waals surface area contributed by atoms with Crippen LogP contribution in [-0.2, 0) is 9.47 Å². The smallest absolute Gasteiger partial charge is 0.437 e. The van der Waals surface area contributed by atoms with Gasteiger partial charge in [-0.15, -0.1) is 0 Å². The number of methoxy groups -OCH3 is 1. The predicted molar refractivity (Wildman–Crippen MR) is 55.9 cm³/mol. The number of hydrogen-bond acceptors (Lipinski definition) is 3. The van der Waals surface area contributed by atoms with E-state index in [-0.39, 0.29) is 0 Å². The second-order valence-electron chi connectivity index (χ2n) is 2.92. The van der Waals surface area contributed by atoms with Crippen molar-refractivity contribution in [2.45, 2.75) is 32.6 Å². The number of hydrogen-bond donors (Lipinski definition) is 0. The number of carbonyl (C=O) groups excluding carboxylic acids is 1. The molecule has 0 aliphatic carbocycles. The van der Waals surface area contributed by atoms with Crippen molar-refractivity contribution in [2.24, 2.45) is 0 Å². The number of ether oxygens (including phenoxy) is 2. The Morgan fingerprint density at radius 3 is 2.71 bits per heavy atom. The summed E-state index contributed by atoms with van der Waals surface area (Å²) in [6, 6.07) is 0. The molecular weight excluding hydrogens is 180 g/mol. The first-order valence-corrected chi connectivity index (χ1v) is 4.82. The van der Waals surface area contributed by atoms with Gasteiger partial charge in [0.25, 0.3) is 0 Å². The van der Waals surface area contributed by atoms with E-state index < -0.39 is 6.16 Å². The summed E-state index contributed by atoms with van der Waals surface area (Å²) in [6.45, 7) is 5.71. The van der Waals surface area contributed by atoms with E-state index in [1.54, 1.807) is 6.08 Å². The molecule has 0 fully saturated rings. The Bertz CT molecular complexity index is 207. The van der Waals surface area contributed by atoms with E-state index in [2.05, 4.69) is 23.0 Å². The molecule has 0 unspecified atom stereocenters. The summed E-state index contributed by atoms with van der Waals surface area (Å²) in [4.78, 5) is 10.6. The second kappa shape index (κ2) is 8.35. The lowest BCUT2D eigenvalue weighted by atomic mass is 10.2. The van der Waals surface area contributed by atoms with Gasteiger partial charge in [0.2, 0.25) is 0 Å². The van der Waals surface area contributed by atoms with Crippen LogP contribution in [0.25, 0.3) is 0 Å². The minimum atomic E-state index is -0.729. The van der Waals surface area contributed by atoms with E-state index >= 15 is 0 Å². The van der Waals surface area contributed by atoms with Crippen LogP contribution in [0.5, 0.6) is 0 Å². The van der Waals surface area contributed by atoms with Crippen molar-refractivity contribution in [1.29, 1.82) is 0 Å². The van der Waals surface area contributed by atoms with Gasteiger partial charge in [-0.2, -0.15) is 0 Å². The molecule has 0 aromatic carbocycles. The van der Waals surface area contributed by atoms with E-state index in [0.717, 1.165) is 12.8 Å². The van der Waals surface area contributed by atoms with Gasteiger partial charge in [0.05, 0.1) is 7.11 Å². The fourth-order valence-corrected chi connectivity index (χ4v) is 0.910. The van der Waals surface area contributed by atoms with Crippen molar-refractivity contribution in [1.82, 2.24) is 0 Å². The van der Waals surface area contributed by atoms with E-state index in [9.17, 15) is 4.79 Å². The minimum Gasteiger partial charge on any atom is -0.437 e. The first-order valence-electron chi connectivity index (χ1n) is 4.82. The highest BCUT2D eigenvalue weighted by atomic mass is 16.7. The zero-order valence-corrected chi connectivity index (χ0v) is 8.91. The molecule has 14 heavy (non-hydrogen) atoms. The molecule has 0 heterocycles. The Labute approximate surface area is 85.4 Å². The fraction of sp³-hybridized carbons (Fsp3) is 0.545. The average Bonchev–Trinajstić information content (AvgIpc) is 2.17. The molecule has 0 spiro atoms. The van der Waals surface area contributed by atoms with Crippen LogP contribution >= 0.6 is 0 Å². The van der Waals surface area contributed by atoms with Crippen LogP contribution in [0, 0.1) is 0 Å². The van der Waals surface area contributed by atoms with Crippen molar-refractivity contribution in [3.63, 3.8) is 0 Å². The van der Waals surface area contributed by atoms with Crippen LogP contribution in [-0.4, -0.2) is 13.3 Å². The molecule has 0 saturated carbocycles. The Balaban J connectivity index is 3.55. The van der Waals surface area contributed by atoms with Crippen molar-refractivity contribution in [3.05, 3.63) is 24.5 Å². The van der Waals surface area contributed by atoms with Crippen molar-refractivity contribution >= 4 is 6.16 Å². The molecule has 0 aliphatic rings. The van der Waals surface area contributed by atoms with Crippen LogP contribution < -0.4 is 0 Å². The molecule has 0 amide bonds. The second-order valence-corrected chi connectivity index (χ2v) is 2.92. The van der Waals surface area contributed by atoms with Gasteiger partial charge in [0.15, 0.2) is 0 Å². The first kappa shape index (κ1) is 12.8. The number of carbonyl (C=O) groups is 1. The van der Waals surface area contributed by atoms with Crippen LogP contribution in [0.4, 0.5) is 4.79 Å². The Morgan fingerprint density at radius 1 is 1.43 bits per heavy atom. The molecule has 80 valence electrons. The van der Waals surface area contributed by atoms with Gasteiger partial charge in [-0.05, 0) is 18.9 Å². The monoisotopic (exact) mass is 198 g/mol. The van der Waals surface area contributed by atoms with Gasteiger partial charge in [0.1, 0.15) is 5.76 Å². The quantitative estimate of drug-likeness (QED) is 0.284. The lowest BCUT2D eigenvalue weighted by Gasteiger charge is -2.00. The highest BCUT2D eigenvalue weighted by Crippen LogP contribution is 2.03. The largest absolute Gasteiger partial charge is 0.513 e. The SMILES string of the molecule is C=C(/C=C/CCCCC)OC(=O)OC. The molecule has 0 saturated heterocycles. The van der Waals surface area contributed by atoms with Gasteiger partial charge in [-0.1, -0.05) is 32.4 Å². The maximum atomic E-state index is 10.6. The highest BCUT2D eigenvalue weighted by molar-refractivity contribution is 5.61. The zero-order chi connectivity index (χ0) is 10.8. The molecule has 0 bridgehead atoms. The third-order valence-electron chi connectivity index (χ3n) is 1.66. The lowest BCUT2D eigenvalue weighted by Crippen LogP contribution is -2.01. The molecule has 0 N–H and O–H groups in total. The maximum Gasteiger partial charge on any atom is 0.513 e. The van der Waals surface area contributed by atoms with Crippen molar-refractivity contribution < 1.29 is 14.3 Å². The molecular formula is C11H18O3. The fourth-order valence-electron chi connectivity index (χ4n) is 0.910. The third kappa shape index (κ3) is 7.40. The van der Waals surface area contributed by atoms with Crippen LogP contribution in [0.1, 0.15) is 32.6 Å². The minimum absolute atomic E-state index is 0.313. The van der Waals surface area contributed by atoms with Gasteiger partial charge >= 0.3 is 6.16 Å². The zero-order valence-electron chi connectivity index (χ0n) is 8.91. The summed E-state index contributed by atoms with van der Waals surface area (Å²) >= 11 is 0. The summed E-state index contributed by atoms with van der Waals surface area (Å²) in [6.07, 6.45) is 7.46. The number of unbranched alkanes of at least 4 members (excludes halogenated alkanes) is 3. The van der Waals surface area contributed by atoms with Gasteiger partial charge in [0, 0.05) is 0 Å². The highest BCUT2D eigenvalue weighted by Gasteiger charge is 1.99. The summed E-state index contributed by atoms with van der Waals surface area (Å²) in [5, 5.41) is 0. The lowest BCUT2D eigenvalue weighted by molar-refractivity contribution is 0.100. The van der Waals surface area contributed by atoms with Crippen LogP contribution in [0.3, 0.4) is 0 Å². The molecule has 3 heteroatoms. The van der Waals surface area contributed by atoms with Gasteiger partial charge < -0.3 is 9.47 Å². The maximum absolute atomic E-state index is 10.6. The van der Waals surface area contributed by atoms with E-state index in [4.69, 9.17) is 0 Å². The molecule has 3 nitrogen and oxygen atoms in total. The third-order valence-corrected chi connectivity index (χ3v) is 1.66. The number of allylic oxidation sites excluding steroid dienone is 2.